The van der Waals surface area contributed by atoms with Gasteiger partial charge in [-0.2, -0.15) is 15.0 Å². The third kappa shape index (κ3) is 4.23. The van der Waals surface area contributed by atoms with Crippen LogP contribution in [0.2, 0.25) is 10.6 Å². The van der Waals surface area contributed by atoms with E-state index in [0.29, 0.717) is 5.95 Å². The van der Waals surface area contributed by atoms with Crippen molar-refractivity contribution in [3.8, 4) is 0 Å². The van der Waals surface area contributed by atoms with E-state index in [1.165, 1.54) is 32.4 Å². The van der Waals surface area contributed by atoms with Crippen molar-refractivity contribution >= 4 is 29.2 Å². The Hall–Kier alpha value is -0.650. The van der Waals surface area contributed by atoms with Gasteiger partial charge in [-0.1, -0.05) is 6.42 Å². The average Bonchev–Trinajstić information content (AvgIpc) is 2.28. The van der Waals surface area contributed by atoms with Gasteiger partial charge in [0.05, 0.1) is 0 Å². The summed E-state index contributed by atoms with van der Waals surface area (Å²) in [6.45, 7) is 5.41. The molecule has 1 aliphatic heterocycles. The highest BCUT2D eigenvalue weighted by atomic mass is 35.5. The number of hydrogen-bond donors (Lipinski definition) is 1. The number of piperidine rings is 1. The normalized spacial score (nSPS) is 18.6. The molecule has 2 heterocycles. The van der Waals surface area contributed by atoms with Gasteiger partial charge in [-0.25, -0.2) is 0 Å². The smallest absolute Gasteiger partial charge is 0.228 e. The second-order valence-corrected chi connectivity index (χ2v) is 5.28. The van der Waals surface area contributed by atoms with Crippen molar-refractivity contribution in [2.75, 3.05) is 25.0 Å². The van der Waals surface area contributed by atoms with E-state index in [0.717, 1.165) is 6.54 Å². The molecule has 0 saturated carbocycles. The number of hydrogen-bond acceptors (Lipinski definition) is 5. The molecule has 1 saturated heterocycles. The van der Waals surface area contributed by atoms with Crippen molar-refractivity contribution in [2.45, 2.75) is 32.2 Å². The lowest BCUT2D eigenvalue weighted by Gasteiger charge is -2.29. The Morgan fingerprint density at radius 3 is 2.33 bits per heavy atom. The van der Waals surface area contributed by atoms with Gasteiger partial charge in [-0.3, -0.25) is 0 Å². The van der Waals surface area contributed by atoms with Crippen LogP contribution < -0.4 is 5.32 Å². The molecule has 1 N–H and O–H groups in total. The van der Waals surface area contributed by atoms with E-state index in [1.807, 2.05) is 0 Å². The lowest BCUT2D eigenvalue weighted by Crippen LogP contribution is -2.38. The molecule has 18 heavy (non-hydrogen) atoms. The van der Waals surface area contributed by atoms with Gasteiger partial charge < -0.3 is 10.2 Å². The minimum absolute atomic E-state index is 0.114. The first-order valence-corrected chi connectivity index (χ1v) is 6.95. The van der Waals surface area contributed by atoms with Crippen LogP contribution in [0.25, 0.3) is 0 Å². The molecule has 1 aromatic heterocycles. The summed E-state index contributed by atoms with van der Waals surface area (Å²) in [5.74, 6) is 0.435. The summed E-state index contributed by atoms with van der Waals surface area (Å²) in [6.07, 6.45) is 3.92. The maximum atomic E-state index is 5.73. The molecule has 0 amide bonds. The molecule has 7 heteroatoms. The van der Waals surface area contributed by atoms with Crippen molar-refractivity contribution in [3.63, 3.8) is 0 Å². The summed E-state index contributed by atoms with van der Waals surface area (Å²) in [4.78, 5) is 14.2. The predicted molar refractivity (Wildman–Crippen MR) is 73.2 cm³/mol. The highest BCUT2D eigenvalue weighted by Crippen LogP contribution is 2.12. The second-order valence-electron chi connectivity index (χ2n) is 4.60. The van der Waals surface area contributed by atoms with Gasteiger partial charge in [0.1, 0.15) is 0 Å². The molecular formula is C11H17Cl2N5. The lowest BCUT2D eigenvalue weighted by molar-refractivity contribution is 0.223. The first-order valence-electron chi connectivity index (χ1n) is 6.19. The molecule has 100 valence electrons. The van der Waals surface area contributed by atoms with Crippen LogP contribution >= 0.6 is 23.2 Å². The van der Waals surface area contributed by atoms with Gasteiger partial charge in [-0.05, 0) is 56.1 Å². The number of aromatic nitrogens is 3. The molecule has 0 spiro atoms. The van der Waals surface area contributed by atoms with E-state index in [1.54, 1.807) is 0 Å². The molecule has 1 aromatic rings. The summed E-state index contributed by atoms with van der Waals surface area (Å²) in [7, 11) is 0. The van der Waals surface area contributed by atoms with Crippen LogP contribution in [0.5, 0.6) is 0 Å². The molecule has 5 nitrogen and oxygen atoms in total. The minimum Gasteiger partial charge on any atom is -0.350 e. The Morgan fingerprint density at radius 2 is 1.72 bits per heavy atom. The first kappa shape index (κ1) is 13.8. The average molecular weight is 290 g/mol. The van der Waals surface area contributed by atoms with E-state index >= 15 is 0 Å². The molecule has 0 bridgehead atoms. The minimum atomic E-state index is 0.114. The fourth-order valence-electron chi connectivity index (χ4n) is 2.19. The van der Waals surface area contributed by atoms with Crippen LogP contribution in [0.15, 0.2) is 0 Å². The van der Waals surface area contributed by atoms with Crippen LogP contribution in [0.3, 0.4) is 0 Å². The van der Waals surface area contributed by atoms with Crippen molar-refractivity contribution in [3.05, 3.63) is 10.6 Å². The fourth-order valence-corrected chi connectivity index (χ4v) is 2.55. The molecule has 0 aliphatic carbocycles. The van der Waals surface area contributed by atoms with E-state index in [-0.39, 0.29) is 16.6 Å². The maximum absolute atomic E-state index is 5.73. The molecular weight excluding hydrogens is 273 g/mol. The number of halogens is 2. The zero-order valence-electron chi connectivity index (χ0n) is 10.4. The Kier molecular flexibility index (Phi) is 4.97. The topological polar surface area (TPSA) is 53.9 Å². The van der Waals surface area contributed by atoms with Crippen molar-refractivity contribution < 1.29 is 0 Å². The van der Waals surface area contributed by atoms with E-state index in [2.05, 4.69) is 32.1 Å². The number of rotatable bonds is 4. The summed E-state index contributed by atoms with van der Waals surface area (Å²) < 4.78 is 0. The summed E-state index contributed by atoms with van der Waals surface area (Å²) in [5, 5.41) is 3.43. The van der Waals surface area contributed by atoms with Crippen LogP contribution in [-0.4, -0.2) is 45.5 Å². The standard InChI is InChI=1S/C11H17Cl2N5/c1-8(7-18-5-3-2-4-6-18)14-11-16-9(12)15-10(13)17-11/h8H,2-7H2,1H3,(H,14,15,16,17). The van der Waals surface area contributed by atoms with Crippen LogP contribution in [0, 0.1) is 0 Å². The monoisotopic (exact) mass is 289 g/mol. The summed E-state index contributed by atoms with van der Waals surface area (Å²) in [6, 6.07) is 0.248. The Morgan fingerprint density at radius 1 is 1.11 bits per heavy atom. The van der Waals surface area contributed by atoms with Crippen molar-refractivity contribution in [2.24, 2.45) is 0 Å². The predicted octanol–water partition coefficient (Wildman–Crippen LogP) is 2.46. The second kappa shape index (κ2) is 6.50. The molecule has 0 radical (unpaired) electrons. The van der Waals surface area contributed by atoms with Gasteiger partial charge in [-0.15, -0.1) is 0 Å². The molecule has 1 unspecified atom stereocenters. The van der Waals surface area contributed by atoms with Crippen LogP contribution in [0.1, 0.15) is 26.2 Å². The maximum Gasteiger partial charge on any atom is 0.228 e. The SMILES string of the molecule is CC(CN1CCCCC1)Nc1nc(Cl)nc(Cl)n1. The molecule has 1 atom stereocenters. The zero-order valence-corrected chi connectivity index (χ0v) is 11.9. The van der Waals surface area contributed by atoms with Gasteiger partial charge in [0, 0.05) is 12.6 Å². The summed E-state index contributed by atoms with van der Waals surface area (Å²) >= 11 is 11.5. The van der Waals surface area contributed by atoms with Gasteiger partial charge >= 0.3 is 0 Å². The number of nitrogens with one attached hydrogen (secondary N) is 1. The molecule has 2 rings (SSSR count). The number of likely N-dealkylation sites (tertiary alicyclic amines) is 1. The Balaban J connectivity index is 1.87. The fraction of sp³-hybridized carbons (Fsp3) is 0.727. The quantitative estimate of drug-likeness (QED) is 0.923. The number of anilines is 1. The van der Waals surface area contributed by atoms with E-state index in [9.17, 15) is 0 Å². The zero-order chi connectivity index (χ0) is 13.0. The molecule has 0 aromatic carbocycles. The van der Waals surface area contributed by atoms with Crippen molar-refractivity contribution in [1.82, 2.24) is 19.9 Å². The third-order valence-electron chi connectivity index (χ3n) is 2.94. The number of nitrogens with zero attached hydrogens (tertiary/aromatic N) is 4. The van der Waals surface area contributed by atoms with Crippen LogP contribution in [0.4, 0.5) is 5.95 Å². The largest absolute Gasteiger partial charge is 0.350 e. The van der Waals surface area contributed by atoms with E-state index < -0.39 is 0 Å². The highest BCUT2D eigenvalue weighted by Gasteiger charge is 2.14. The Bertz CT molecular complexity index is 375. The van der Waals surface area contributed by atoms with E-state index in [4.69, 9.17) is 23.2 Å². The lowest BCUT2D eigenvalue weighted by atomic mass is 10.1. The first-order chi connectivity index (χ1) is 8.63. The summed E-state index contributed by atoms with van der Waals surface area (Å²) in [5.41, 5.74) is 0. The molecule has 1 fully saturated rings. The van der Waals surface area contributed by atoms with Crippen LogP contribution in [-0.2, 0) is 0 Å². The highest BCUT2D eigenvalue weighted by molar-refractivity contribution is 6.31. The van der Waals surface area contributed by atoms with Gasteiger partial charge in [0.15, 0.2) is 0 Å². The van der Waals surface area contributed by atoms with Gasteiger partial charge in [0.2, 0.25) is 16.5 Å². The molecule has 1 aliphatic rings. The van der Waals surface area contributed by atoms with Crippen molar-refractivity contribution in [1.29, 1.82) is 0 Å². The Labute approximate surface area is 117 Å². The third-order valence-corrected chi connectivity index (χ3v) is 3.28. The van der Waals surface area contributed by atoms with Gasteiger partial charge in [0.25, 0.3) is 0 Å².